The Balaban J connectivity index is 0. The summed E-state index contributed by atoms with van der Waals surface area (Å²) in [7, 11) is -3.16. The molecule has 0 spiro atoms. The van der Waals surface area contributed by atoms with Gasteiger partial charge in [-0.25, -0.2) is 17.5 Å². The first-order valence-corrected chi connectivity index (χ1v) is 10.8. The van der Waals surface area contributed by atoms with E-state index in [1.165, 1.54) is 10.6 Å². The average molecular weight is 521 g/mol. The van der Waals surface area contributed by atoms with E-state index in [1.54, 1.807) is 0 Å². The van der Waals surface area contributed by atoms with Crippen molar-refractivity contribution in [1.82, 2.24) is 20.3 Å². The normalized spacial score (nSPS) is 12.3. The zero-order chi connectivity index (χ0) is 20.2. The second kappa shape index (κ2) is 14.2. The van der Waals surface area contributed by atoms with E-state index in [0.29, 0.717) is 51.6 Å². The minimum atomic E-state index is -3.16. The molecule has 162 valence electrons. The van der Waals surface area contributed by atoms with Gasteiger partial charge >= 0.3 is 6.09 Å². The number of alkyl carbamates (subject to hydrolysis) is 1. The average Bonchev–Trinajstić information content (AvgIpc) is 2.48. The highest BCUT2D eigenvalue weighted by atomic mass is 127. The zero-order valence-electron chi connectivity index (χ0n) is 17.3. The monoisotopic (exact) mass is 521 g/mol. The fourth-order valence-electron chi connectivity index (χ4n) is 2.00. The summed E-state index contributed by atoms with van der Waals surface area (Å²) in [6.45, 7) is 12.2. The summed E-state index contributed by atoms with van der Waals surface area (Å²) in [5.41, 5.74) is -0.522. The van der Waals surface area contributed by atoms with E-state index in [4.69, 9.17) is 4.74 Å². The largest absolute Gasteiger partial charge is 0.444 e. The van der Waals surface area contributed by atoms with Gasteiger partial charge in [0.25, 0.3) is 0 Å². The highest BCUT2D eigenvalue weighted by Gasteiger charge is 2.15. The number of rotatable bonds is 10. The van der Waals surface area contributed by atoms with Gasteiger partial charge in [-0.15, -0.1) is 24.0 Å². The van der Waals surface area contributed by atoms with Crippen LogP contribution in [0.4, 0.5) is 4.79 Å². The third kappa shape index (κ3) is 15.9. The summed E-state index contributed by atoms with van der Waals surface area (Å²) in [6.07, 6.45) is 1.39. The molecule has 0 unspecified atom stereocenters. The molecule has 0 aromatic carbocycles. The molecule has 0 fully saturated rings. The lowest BCUT2D eigenvalue weighted by molar-refractivity contribution is 0.0529. The van der Waals surface area contributed by atoms with Crippen LogP contribution in [0.5, 0.6) is 0 Å². The molecule has 0 atom stereocenters. The minimum Gasteiger partial charge on any atom is -0.444 e. The molecule has 0 saturated heterocycles. The maximum Gasteiger partial charge on any atom is 0.407 e. The van der Waals surface area contributed by atoms with Crippen molar-refractivity contribution in [2.75, 3.05) is 45.5 Å². The first-order valence-electron chi connectivity index (χ1n) is 8.93. The number of amides is 1. The molecular weight excluding hydrogens is 485 g/mol. The molecule has 0 heterocycles. The molecule has 0 saturated carbocycles. The fourth-order valence-corrected chi connectivity index (χ4v) is 2.93. The lowest BCUT2D eigenvalue weighted by Gasteiger charge is -2.20. The van der Waals surface area contributed by atoms with Gasteiger partial charge in [-0.2, -0.15) is 0 Å². The van der Waals surface area contributed by atoms with Crippen LogP contribution >= 0.6 is 24.0 Å². The van der Waals surface area contributed by atoms with Gasteiger partial charge < -0.3 is 20.7 Å². The predicted octanol–water partition coefficient (Wildman–Crippen LogP) is 1.36. The van der Waals surface area contributed by atoms with Crippen molar-refractivity contribution in [3.05, 3.63) is 0 Å². The summed E-state index contributed by atoms with van der Waals surface area (Å²) in [6, 6.07) is 0. The van der Waals surface area contributed by atoms with E-state index in [9.17, 15) is 13.2 Å². The van der Waals surface area contributed by atoms with Crippen molar-refractivity contribution in [3.63, 3.8) is 0 Å². The molecule has 27 heavy (non-hydrogen) atoms. The highest BCUT2D eigenvalue weighted by Crippen LogP contribution is 2.06. The Hall–Kier alpha value is -0.820. The maximum absolute atomic E-state index is 11.6. The van der Waals surface area contributed by atoms with Crippen LogP contribution in [0.3, 0.4) is 0 Å². The van der Waals surface area contributed by atoms with Crippen molar-refractivity contribution in [2.24, 2.45) is 4.99 Å². The Morgan fingerprint density at radius 2 is 1.70 bits per heavy atom. The number of nitrogens with zero attached hydrogens (tertiary/aromatic N) is 2. The number of guanidine groups is 1. The Kier molecular flexibility index (Phi) is 14.9. The van der Waals surface area contributed by atoms with Crippen LogP contribution in [-0.2, 0) is 14.8 Å². The van der Waals surface area contributed by atoms with Gasteiger partial charge in [-0.3, -0.25) is 4.99 Å². The van der Waals surface area contributed by atoms with Gasteiger partial charge in [0.2, 0.25) is 10.0 Å². The molecule has 9 nitrogen and oxygen atoms in total. The van der Waals surface area contributed by atoms with Crippen molar-refractivity contribution in [1.29, 1.82) is 0 Å². The van der Waals surface area contributed by atoms with Crippen molar-refractivity contribution in [2.45, 2.75) is 46.6 Å². The van der Waals surface area contributed by atoms with E-state index in [1.807, 2.05) is 34.6 Å². The van der Waals surface area contributed by atoms with Crippen LogP contribution in [0.15, 0.2) is 4.99 Å². The molecule has 0 aromatic heterocycles. The molecule has 0 rings (SSSR count). The summed E-state index contributed by atoms with van der Waals surface area (Å²) >= 11 is 0. The van der Waals surface area contributed by atoms with E-state index in [2.05, 4.69) is 20.9 Å². The van der Waals surface area contributed by atoms with Gasteiger partial charge in [-0.05, 0) is 34.1 Å². The molecule has 0 radical (unpaired) electrons. The smallest absolute Gasteiger partial charge is 0.407 e. The summed E-state index contributed by atoms with van der Waals surface area (Å²) < 4.78 is 29.6. The molecule has 0 aliphatic rings. The Bertz CT molecular complexity index is 550. The predicted molar refractivity (Wildman–Crippen MR) is 120 cm³/mol. The van der Waals surface area contributed by atoms with E-state index < -0.39 is 21.7 Å². The van der Waals surface area contributed by atoms with Crippen molar-refractivity contribution >= 4 is 46.1 Å². The summed E-state index contributed by atoms with van der Waals surface area (Å²) in [5, 5.41) is 8.88. The molecule has 0 aliphatic carbocycles. The molecule has 11 heteroatoms. The van der Waals surface area contributed by atoms with Gasteiger partial charge in [0.05, 0.1) is 6.26 Å². The van der Waals surface area contributed by atoms with Crippen LogP contribution in [0, 0.1) is 0 Å². The van der Waals surface area contributed by atoms with E-state index in [-0.39, 0.29) is 24.0 Å². The van der Waals surface area contributed by atoms with E-state index >= 15 is 0 Å². The highest BCUT2D eigenvalue weighted by molar-refractivity contribution is 14.0. The molecule has 0 aliphatic heterocycles. The standard InChI is InChI=1S/C16H35N5O4S.HI/c1-7-17-14(18-10-9-13-21(8-2)26(6,23)24)19-11-12-20-15(22)25-16(3,4)5;/h7-13H2,1-6H3,(H,20,22)(H2,17,18,19);1H. The zero-order valence-corrected chi connectivity index (χ0v) is 20.4. The van der Waals surface area contributed by atoms with Crippen LogP contribution < -0.4 is 16.0 Å². The number of carbonyl (C=O) groups excluding carboxylic acids is 1. The first kappa shape index (κ1) is 28.4. The number of aliphatic imine (C=N–C) groups is 1. The second-order valence-electron chi connectivity index (χ2n) is 6.72. The topological polar surface area (TPSA) is 112 Å². The number of ether oxygens (including phenoxy) is 1. The number of carbonyl (C=O) groups is 1. The number of sulfonamides is 1. The SMILES string of the molecule is CCNC(=NCCCN(CC)S(C)(=O)=O)NCCNC(=O)OC(C)(C)C.I. The maximum atomic E-state index is 11.6. The molecule has 1 amide bonds. The summed E-state index contributed by atoms with van der Waals surface area (Å²) in [4.78, 5) is 16.0. The fraction of sp³-hybridized carbons (Fsp3) is 0.875. The van der Waals surface area contributed by atoms with Crippen LogP contribution in [0.25, 0.3) is 0 Å². The Morgan fingerprint density at radius 1 is 1.11 bits per heavy atom. The number of hydrogen-bond acceptors (Lipinski definition) is 5. The van der Waals surface area contributed by atoms with E-state index in [0.717, 1.165) is 0 Å². The van der Waals surface area contributed by atoms with Gasteiger partial charge in [0.1, 0.15) is 5.60 Å². The third-order valence-electron chi connectivity index (χ3n) is 3.09. The molecule has 0 aromatic rings. The molecule has 0 bridgehead atoms. The number of nitrogens with one attached hydrogen (secondary N) is 3. The van der Waals surface area contributed by atoms with Crippen LogP contribution in [0.2, 0.25) is 0 Å². The third-order valence-corrected chi connectivity index (χ3v) is 4.47. The van der Waals surface area contributed by atoms with Crippen molar-refractivity contribution in [3.8, 4) is 0 Å². The van der Waals surface area contributed by atoms with Crippen molar-refractivity contribution < 1.29 is 17.9 Å². The minimum absolute atomic E-state index is 0. The van der Waals surface area contributed by atoms with Crippen LogP contribution in [-0.4, -0.2) is 75.9 Å². The van der Waals surface area contributed by atoms with Gasteiger partial charge in [-0.1, -0.05) is 6.92 Å². The second-order valence-corrected chi connectivity index (χ2v) is 8.71. The van der Waals surface area contributed by atoms with Crippen LogP contribution in [0.1, 0.15) is 41.0 Å². The molecule has 3 N–H and O–H groups in total. The molecular formula is C16H36IN5O4S. The quantitative estimate of drug-likeness (QED) is 0.173. The first-order chi connectivity index (χ1) is 12.0. The summed E-state index contributed by atoms with van der Waals surface area (Å²) in [5.74, 6) is 0.626. The number of hydrogen-bond donors (Lipinski definition) is 3. The Morgan fingerprint density at radius 3 is 2.19 bits per heavy atom. The Labute approximate surface area is 181 Å². The van der Waals surface area contributed by atoms with Gasteiger partial charge in [0, 0.05) is 39.3 Å². The van der Waals surface area contributed by atoms with Gasteiger partial charge in [0.15, 0.2) is 5.96 Å². The lowest BCUT2D eigenvalue weighted by Crippen LogP contribution is -2.42. The lowest BCUT2D eigenvalue weighted by atomic mass is 10.2. The number of halogens is 1.